The van der Waals surface area contributed by atoms with Gasteiger partial charge in [0.25, 0.3) is 0 Å². The van der Waals surface area contributed by atoms with Crippen LogP contribution in [0.4, 0.5) is 10.6 Å². The molecular weight excluding hydrogens is 374 g/mol. The van der Waals surface area contributed by atoms with E-state index in [1.165, 1.54) is 4.88 Å². The lowest BCUT2D eigenvalue weighted by Crippen LogP contribution is -2.41. The molecule has 1 aliphatic heterocycles. The number of amides is 2. The van der Waals surface area contributed by atoms with Crippen LogP contribution in [0, 0.1) is 0 Å². The second-order valence-corrected chi connectivity index (χ2v) is 8.19. The highest BCUT2D eigenvalue weighted by Gasteiger charge is 2.18. The summed E-state index contributed by atoms with van der Waals surface area (Å²) in [7, 11) is 4.04. The highest BCUT2D eigenvalue weighted by molar-refractivity contribution is 7.10. The summed E-state index contributed by atoms with van der Waals surface area (Å²) in [6.07, 6.45) is 2.05. The Morgan fingerprint density at radius 3 is 2.89 bits per heavy atom. The van der Waals surface area contributed by atoms with Gasteiger partial charge in [0, 0.05) is 37.3 Å². The van der Waals surface area contributed by atoms with E-state index in [9.17, 15) is 4.79 Å². The maximum atomic E-state index is 12.2. The summed E-state index contributed by atoms with van der Waals surface area (Å²) < 4.78 is 5.57. The van der Waals surface area contributed by atoms with Gasteiger partial charge in [-0.2, -0.15) is 0 Å². The van der Waals surface area contributed by atoms with E-state index in [1.54, 1.807) is 11.3 Å². The Balaban J connectivity index is 1.45. The average molecular weight is 404 g/mol. The molecule has 0 bridgehead atoms. The molecule has 1 aliphatic rings. The summed E-state index contributed by atoms with van der Waals surface area (Å²) in [5, 5.41) is 7.92. The van der Waals surface area contributed by atoms with Crippen LogP contribution >= 0.6 is 11.3 Å². The second kappa shape index (κ2) is 9.86. The predicted octanol–water partition coefficient (Wildman–Crippen LogP) is 2.47. The zero-order valence-electron chi connectivity index (χ0n) is 16.7. The lowest BCUT2D eigenvalue weighted by atomic mass is 10.2. The van der Waals surface area contributed by atoms with Crippen molar-refractivity contribution in [2.24, 2.45) is 0 Å². The molecule has 2 unspecified atom stereocenters. The number of nitrogens with zero attached hydrogens (tertiary/aromatic N) is 3. The standard InChI is InChI=1S/C20H29N5O2S/c1-15-14-25(8-9-27-15)19-7-6-16(11-21-19)12-22-20(26)23-13-17(24(2)3)18-5-4-10-28-18/h4-7,10-11,15,17H,8-9,12-14H2,1-3H3,(H2,22,23,26). The third-order valence-corrected chi connectivity index (χ3v) is 5.75. The van der Waals surface area contributed by atoms with Gasteiger partial charge in [0.2, 0.25) is 0 Å². The summed E-state index contributed by atoms with van der Waals surface area (Å²) in [6.45, 7) is 5.52. The molecule has 3 heterocycles. The molecule has 7 nitrogen and oxygen atoms in total. The Morgan fingerprint density at radius 2 is 2.25 bits per heavy atom. The molecule has 152 valence electrons. The molecule has 3 rings (SSSR count). The molecular formula is C20H29N5O2S. The Morgan fingerprint density at radius 1 is 1.39 bits per heavy atom. The Hall–Kier alpha value is -2.16. The van der Waals surface area contributed by atoms with Crippen LogP contribution in [0.2, 0.25) is 0 Å². The Labute approximate surface area is 170 Å². The number of nitrogens with one attached hydrogen (secondary N) is 2. The maximum absolute atomic E-state index is 12.2. The number of carbonyl (C=O) groups excluding carboxylic acids is 1. The number of thiophene rings is 1. The van der Waals surface area contributed by atoms with Gasteiger partial charge in [0.15, 0.2) is 0 Å². The van der Waals surface area contributed by atoms with Gasteiger partial charge in [-0.15, -0.1) is 11.3 Å². The molecule has 2 aromatic heterocycles. The minimum atomic E-state index is -0.172. The fourth-order valence-electron chi connectivity index (χ4n) is 3.19. The number of hydrogen-bond donors (Lipinski definition) is 2. The largest absolute Gasteiger partial charge is 0.375 e. The van der Waals surface area contributed by atoms with E-state index in [2.05, 4.69) is 43.8 Å². The molecule has 2 amide bonds. The van der Waals surface area contributed by atoms with Crippen molar-refractivity contribution < 1.29 is 9.53 Å². The third kappa shape index (κ3) is 5.67. The first-order chi connectivity index (χ1) is 13.5. The topological polar surface area (TPSA) is 69.7 Å². The highest BCUT2D eigenvalue weighted by atomic mass is 32.1. The minimum absolute atomic E-state index is 0.169. The van der Waals surface area contributed by atoms with Gasteiger partial charge in [-0.1, -0.05) is 12.1 Å². The molecule has 2 N–H and O–H groups in total. The number of hydrogen-bond acceptors (Lipinski definition) is 6. The fraction of sp³-hybridized carbons (Fsp3) is 0.500. The summed E-state index contributed by atoms with van der Waals surface area (Å²) in [6, 6.07) is 8.14. The van der Waals surface area contributed by atoms with Gasteiger partial charge in [0.1, 0.15) is 5.82 Å². The number of carbonyl (C=O) groups is 1. The molecule has 2 atom stereocenters. The van der Waals surface area contributed by atoms with Gasteiger partial charge < -0.3 is 25.2 Å². The molecule has 0 aliphatic carbocycles. The van der Waals surface area contributed by atoms with Crippen LogP contribution in [0.25, 0.3) is 0 Å². The van der Waals surface area contributed by atoms with Gasteiger partial charge in [-0.3, -0.25) is 0 Å². The summed E-state index contributed by atoms with van der Waals surface area (Å²) in [5.41, 5.74) is 0.975. The summed E-state index contributed by atoms with van der Waals surface area (Å²) in [4.78, 5) is 22.3. The number of ether oxygens (including phenoxy) is 1. The van der Waals surface area contributed by atoms with Crippen molar-refractivity contribution in [2.45, 2.75) is 25.6 Å². The number of urea groups is 1. The number of likely N-dealkylation sites (N-methyl/N-ethyl adjacent to an activating group) is 1. The number of morpholine rings is 1. The van der Waals surface area contributed by atoms with Gasteiger partial charge in [-0.25, -0.2) is 9.78 Å². The van der Waals surface area contributed by atoms with Crippen LogP contribution in [0.1, 0.15) is 23.4 Å². The lowest BCUT2D eigenvalue weighted by molar-refractivity contribution is 0.0529. The normalized spacial score (nSPS) is 18.1. The summed E-state index contributed by atoms with van der Waals surface area (Å²) in [5.74, 6) is 0.952. The van der Waals surface area contributed by atoms with Crippen LogP contribution < -0.4 is 15.5 Å². The van der Waals surface area contributed by atoms with Gasteiger partial charge >= 0.3 is 6.03 Å². The van der Waals surface area contributed by atoms with Gasteiger partial charge in [0.05, 0.1) is 18.8 Å². The van der Waals surface area contributed by atoms with Crippen molar-refractivity contribution >= 4 is 23.2 Å². The van der Waals surface area contributed by atoms with Gasteiger partial charge in [-0.05, 0) is 44.1 Å². The lowest BCUT2D eigenvalue weighted by Gasteiger charge is -2.32. The molecule has 0 saturated carbocycles. The first kappa shape index (κ1) is 20.6. The molecule has 1 saturated heterocycles. The van der Waals surface area contributed by atoms with Crippen molar-refractivity contribution in [2.75, 3.05) is 45.2 Å². The van der Waals surface area contributed by atoms with Crippen LogP contribution in [-0.2, 0) is 11.3 Å². The quantitative estimate of drug-likeness (QED) is 0.743. The zero-order valence-corrected chi connectivity index (χ0v) is 17.5. The molecule has 28 heavy (non-hydrogen) atoms. The number of aromatic nitrogens is 1. The summed E-state index contributed by atoms with van der Waals surface area (Å²) >= 11 is 1.70. The van der Waals surface area contributed by atoms with E-state index in [0.717, 1.165) is 31.1 Å². The Bertz CT molecular complexity index is 736. The molecule has 0 spiro atoms. The molecule has 0 aromatic carbocycles. The van der Waals surface area contributed by atoms with Crippen LogP contribution in [0.15, 0.2) is 35.8 Å². The van der Waals surface area contributed by atoms with Crippen molar-refractivity contribution in [3.8, 4) is 0 Å². The van der Waals surface area contributed by atoms with E-state index in [0.29, 0.717) is 13.1 Å². The van der Waals surface area contributed by atoms with Crippen molar-refractivity contribution in [1.29, 1.82) is 0 Å². The van der Waals surface area contributed by atoms with Crippen LogP contribution in [-0.4, -0.2) is 62.4 Å². The van der Waals surface area contributed by atoms with E-state index >= 15 is 0 Å². The highest BCUT2D eigenvalue weighted by Crippen LogP contribution is 2.22. The SMILES string of the molecule is CC1CN(c2ccc(CNC(=O)NCC(c3cccs3)N(C)C)cn2)CCO1. The smallest absolute Gasteiger partial charge is 0.315 e. The number of rotatable bonds is 7. The average Bonchev–Trinajstić information content (AvgIpc) is 3.21. The first-order valence-electron chi connectivity index (χ1n) is 9.56. The maximum Gasteiger partial charge on any atom is 0.315 e. The van der Waals surface area contributed by atoms with Crippen LogP contribution in [0.5, 0.6) is 0 Å². The van der Waals surface area contributed by atoms with Crippen molar-refractivity contribution in [1.82, 2.24) is 20.5 Å². The minimum Gasteiger partial charge on any atom is -0.375 e. The first-order valence-corrected chi connectivity index (χ1v) is 10.4. The molecule has 2 aromatic rings. The number of pyridine rings is 1. The van der Waals surface area contributed by atoms with Crippen molar-refractivity contribution in [3.63, 3.8) is 0 Å². The van der Waals surface area contributed by atoms with Crippen molar-refractivity contribution in [3.05, 3.63) is 46.3 Å². The predicted molar refractivity (Wildman–Crippen MR) is 113 cm³/mol. The number of anilines is 1. The molecule has 0 radical (unpaired) electrons. The molecule has 1 fully saturated rings. The molecule has 8 heteroatoms. The van der Waals surface area contributed by atoms with E-state index < -0.39 is 0 Å². The second-order valence-electron chi connectivity index (χ2n) is 7.21. The van der Waals surface area contributed by atoms with E-state index in [4.69, 9.17) is 4.74 Å². The van der Waals surface area contributed by atoms with Crippen LogP contribution in [0.3, 0.4) is 0 Å². The van der Waals surface area contributed by atoms with E-state index in [-0.39, 0.29) is 18.2 Å². The third-order valence-electron chi connectivity index (χ3n) is 4.78. The van der Waals surface area contributed by atoms with E-state index in [1.807, 2.05) is 38.5 Å². The Kier molecular flexibility index (Phi) is 7.24. The monoisotopic (exact) mass is 403 g/mol. The zero-order chi connectivity index (χ0) is 19.9. The fourth-order valence-corrected chi connectivity index (χ4v) is 4.11.